The molecule has 26 heavy (non-hydrogen) atoms. The highest BCUT2D eigenvalue weighted by Gasteiger charge is 2.13. The zero-order chi connectivity index (χ0) is 18.8. The molecule has 0 saturated carbocycles. The number of hydrogen-bond acceptors (Lipinski definition) is 4. The van der Waals surface area contributed by atoms with Crippen molar-refractivity contribution in [2.45, 2.75) is 20.4 Å². The third-order valence-corrected chi connectivity index (χ3v) is 5.36. The van der Waals surface area contributed by atoms with Crippen LogP contribution in [0.1, 0.15) is 21.5 Å². The second-order valence-corrected chi connectivity index (χ2v) is 7.88. The van der Waals surface area contributed by atoms with E-state index in [4.69, 9.17) is 4.74 Å². The Hall–Kier alpha value is -2.25. The summed E-state index contributed by atoms with van der Waals surface area (Å²) < 4.78 is 8.33. The minimum absolute atomic E-state index is 0.00289. The smallest absolute Gasteiger partial charge is 0.325 e. The molecule has 0 atom stereocenters. The molecule has 1 aromatic heterocycles. The van der Waals surface area contributed by atoms with E-state index in [2.05, 4.69) is 20.9 Å². The number of thiazole rings is 1. The van der Waals surface area contributed by atoms with E-state index in [-0.39, 0.29) is 12.5 Å². The van der Waals surface area contributed by atoms with Gasteiger partial charge in [0.15, 0.2) is 4.80 Å². The van der Waals surface area contributed by atoms with E-state index < -0.39 is 5.97 Å². The summed E-state index contributed by atoms with van der Waals surface area (Å²) in [5.74, 6) is -0.728. The monoisotopic (exact) mass is 432 g/mol. The van der Waals surface area contributed by atoms with Crippen LogP contribution in [0.25, 0.3) is 10.2 Å². The van der Waals surface area contributed by atoms with E-state index in [0.717, 1.165) is 25.8 Å². The fourth-order valence-electron chi connectivity index (χ4n) is 2.73. The Morgan fingerprint density at radius 2 is 1.85 bits per heavy atom. The molecule has 0 saturated heterocycles. The zero-order valence-electron chi connectivity index (χ0n) is 14.6. The van der Waals surface area contributed by atoms with Gasteiger partial charge in [-0.05, 0) is 44.2 Å². The van der Waals surface area contributed by atoms with Crippen LogP contribution in [0.5, 0.6) is 0 Å². The number of esters is 1. The molecule has 5 nitrogen and oxygen atoms in total. The normalized spacial score (nSPS) is 11.8. The number of ether oxygens (including phenoxy) is 1. The first-order valence-corrected chi connectivity index (χ1v) is 9.51. The van der Waals surface area contributed by atoms with Crippen molar-refractivity contribution < 1.29 is 14.3 Å². The average molecular weight is 433 g/mol. The fraction of sp³-hybridized carbons (Fsp3) is 0.211. The van der Waals surface area contributed by atoms with Crippen LogP contribution in [0.2, 0.25) is 0 Å². The number of nitrogens with zero attached hydrogens (tertiary/aromatic N) is 2. The first kappa shape index (κ1) is 18.5. The van der Waals surface area contributed by atoms with E-state index in [1.54, 1.807) is 4.57 Å². The van der Waals surface area contributed by atoms with Crippen LogP contribution in [0.4, 0.5) is 0 Å². The second kappa shape index (κ2) is 7.55. The zero-order valence-corrected chi connectivity index (χ0v) is 17.0. The van der Waals surface area contributed by atoms with Gasteiger partial charge in [0.05, 0.1) is 17.3 Å². The Balaban J connectivity index is 2.15. The molecule has 0 aliphatic heterocycles. The number of halogens is 1. The highest BCUT2D eigenvalue weighted by molar-refractivity contribution is 9.10. The van der Waals surface area contributed by atoms with Crippen molar-refractivity contribution in [3.8, 4) is 0 Å². The number of aromatic nitrogens is 1. The fourth-order valence-corrected chi connectivity index (χ4v) is 4.31. The number of carbonyl (C=O) groups excluding carboxylic acids is 2. The van der Waals surface area contributed by atoms with Gasteiger partial charge < -0.3 is 9.30 Å². The highest BCUT2D eigenvalue weighted by Crippen LogP contribution is 2.22. The number of amides is 1. The maximum absolute atomic E-state index is 12.7. The molecule has 0 aliphatic carbocycles. The summed E-state index contributed by atoms with van der Waals surface area (Å²) in [4.78, 5) is 29.2. The molecule has 134 valence electrons. The topological polar surface area (TPSA) is 60.7 Å². The first-order chi connectivity index (χ1) is 12.4. The van der Waals surface area contributed by atoms with Crippen LogP contribution in [-0.2, 0) is 16.1 Å². The number of fused-ring (bicyclic) bond motifs is 1. The second-order valence-electron chi connectivity index (χ2n) is 5.95. The van der Waals surface area contributed by atoms with Gasteiger partial charge in [-0.25, -0.2) is 0 Å². The van der Waals surface area contributed by atoms with Gasteiger partial charge in [0.2, 0.25) is 0 Å². The number of benzene rings is 2. The Labute approximate surface area is 163 Å². The maximum atomic E-state index is 12.7. The van der Waals surface area contributed by atoms with Gasteiger partial charge >= 0.3 is 5.97 Å². The molecule has 0 unspecified atom stereocenters. The van der Waals surface area contributed by atoms with Crippen LogP contribution in [0.15, 0.2) is 45.9 Å². The van der Waals surface area contributed by atoms with E-state index in [1.807, 2.05) is 50.2 Å². The summed E-state index contributed by atoms with van der Waals surface area (Å²) in [5.41, 5.74) is 3.37. The molecule has 3 aromatic rings. The van der Waals surface area contributed by atoms with Gasteiger partial charge in [-0.1, -0.05) is 44.5 Å². The molecule has 0 radical (unpaired) electrons. The Morgan fingerprint density at radius 3 is 2.50 bits per heavy atom. The largest absolute Gasteiger partial charge is 0.468 e. The van der Waals surface area contributed by atoms with Gasteiger partial charge in [-0.2, -0.15) is 4.99 Å². The minimum atomic E-state index is -0.395. The standard InChI is InChI=1S/C19H17BrN2O3S/c1-11-6-12(2)8-13(7-11)18(24)21-19-22(10-17(23)25-3)15-5-4-14(20)9-16(15)26-19/h4-9H,10H2,1-3H3. The van der Waals surface area contributed by atoms with Crippen molar-refractivity contribution in [2.24, 2.45) is 4.99 Å². The van der Waals surface area contributed by atoms with Crippen LogP contribution in [-0.4, -0.2) is 23.6 Å². The molecule has 0 bridgehead atoms. The van der Waals surface area contributed by atoms with E-state index in [9.17, 15) is 9.59 Å². The molecular weight excluding hydrogens is 416 g/mol. The van der Waals surface area contributed by atoms with Crippen LogP contribution < -0.4 is 4.80 Å². The molecule has 0 aliphatic rings. The molecule has 0 N–H and O–H groups in total. The van der Waals surface area contributed by atoms with Gasteiger partial charge in [-0.15, -0.1) is 0 Å². The summed E-state index contributed by atoms with van der Waals surface area (Å²) in [5, 5.41) is 0. The van der Waals surface area contributed by atoms with E-state index in [0.29, 0.717) is 10.4 Å². The quantitative estimate of drug-likeness (QED) is 0.587. The third-order valence-electron chi connectivity index (χ3n) is 3.83. The predicted molar refractivity (Wildman–Crippen MR) is 105 cm³/mol. The van der Waals surface area contributed by atoms with Crippen molar-refractivity contribution in [1.82, 2.24) is 4.57 Å². The average Bonchev–Trinajstić information content (AvgIpc) is 2.90. The van der Waals surface area contributed by atoms with Crippen molar-refractivity contribution in [1.29, 1.82) is 0 Å². The molecule has 1 heterocycles. The van der Waals surface area contributed by atoms with Crippen LogP contribution in [0.3, 0.4) is 0 Å². The number of methoxy groups -OCH3 is 1. The number of carbonyl (C=O) groups is 2. The number of hydrogen-bond donors (Lipinski definition) is 0. The van der Waals surface area contributed by atoms with Crippen molar-refractivity contribution in [3.63, 3.8) is 0 Å². The summed E-state index contributed by atoms with van der Waals surface area (Å²) >= 11 is 4.80. The van der Waals surface area contributed by atoms with Gasteiger partial charge in [0.1, 0.15) is 6.54 Å². The predicted octanol–water partition coefficient (Wildman–Crippen LogP) is 4.00. The van der Waals surface area contributed by atoms with E-state index >= 15 is 0 Å². The van der Waals surface area contributed by atoms with Crippen LogP contribution >= 0.6 is 27.3 Å². The number of rotatable bonds is 3. The lowest BCUT2D eigenvalue weighted by Crippen LogP contribution is -2.22. The van der Waals surface area contributed by atoms with Gasteiger partial charge in [-0.3, -0.25) is 9.59 Å². The Morgan fingerprint density at radius 1 is 1.15 bits per heavy atom. The maximum Gasteiger partial charge on any atom is 0.325 e. The molecule has 2 aromatic carbocycles. The SMILES string of the molecule is COC(=O)Cn1c(=NC(=O)c2cc(C)cc(C)c2)sc2cc(Br)ccc21. The van der Waals surface area contributed by atoms with Crippen molar-refractivity contribution in [2.75, 3.05) is 7.11 Å². The van der Waals surface area contributed by atoms with Gasteiger partial charge in [0, 0.05) is 10.0 Å². The summed E-state index contributed by atoms with van der Waals surface area (Å²) in [7, 11) is 1.34. The first-order valence-electron chi connectivity index (χ1n) is 7.90. The summed E-state index contributed by atoms with van der Waals surface area (Å²) in [6, 6.07) is 11.3. The minimum Gasteiger partial charge on any atom is -0.468 e. The van der Waals surface area contributed by atoms with Crippen molar-refractivity contribution >= 4 is 49.4 Å². The number of aryl methyl sites for hydroxylation is 2. The lowest BCUT2D eigenvalue weighted by molar-refractivity contribution is -0.141. The summed E-state index contributed by atoms with van der Waals surface area (Å²) in [6.45, 7) is 3.88. The Bertz CT molecular complexity index is 1060. The van der Waals surface area contributed by atoms with E-state index in [1.165, 1.54) is 18.4 Å². The Kier molecular flexibility index (Phi) is 5.38. The van der Waals surface area contributed by atoms with Gasteiger partial charge in [0.25, 0.3) is 5.91 Å². The molecule has 3 rings (SSSR count). The lowest BCUT2D eigenvalue weighted by Gasteiger charge is -2.04. The molecular formula is C19H17BrN2O3S. The lowest BCUT2D eigenvalue weighted by atomic mass is 10.1. The molecule has 0 fully saturated rings. The molecule has 1 amide bonds. The van der Waals surface area contributed by atoms with Crippen molar-refractivity contribution in [3.05, 3.63) is 62.4 Å². The molecule has 7 heteroatoms. The third kappa shape index (κ3) is 3.94. The molecule has 0 spiro atoms. The van der Waals surface area contributed by atoms with Crippen LogP contribution in [0, 0.1) is 13.8 Å². The summed E-state index contributed by atoms with van der Waals surface area (Å²) in [6.07, 6.45) is 0. The highest BCUT2D eigenvalue weighted by atomic mass is 79.9.